The number of nitrogens with zero attached hydrogens (tertiary/aromatic N) is 3. The molecule has 0 saturated heterocycles. The molecule has 0 saturated carbocycles. The Hall–Kier alpha value is -1.58. The largest absolute Gasteiger partial charge is 0.395 e. The van der Waals surface area contributed by atoms with Crippen LogP contribution in [0.4, 0.5) is 5.00 Å². The minimum atomic E-state index is -0.198. The molecular weight excluding hydrogens is 374 g/mol. The number of carbonyl (C=O) groups is 3. The fraction of sp³-hybridized carbons (Fsp3) is 0.588. The number of anilines is 1. The molecule has 9 heteroatoms. The summed E-state index contributed by atoms with van der Waals surface area (Å²) in [5.41, 5.74) is 1.51. The molecule has 26 heavy (non-hydrogen) atoms. The van der Waals surface area contributed by atoms with Gasteiger partial charge in [-0.1, -0.05) is 0 Å². The lowest BCUT2D eigenvalue weighted by atomic mass is 10.0. The van der Waals surface area contributed by atoms with Crippen molar-refractivity contribution in [1.82, 2.24) is 9.80 Å². The number of likely N-dealkylation sites (N-methyl/N-ethyl adjacent to an activating group) is 1. The molecule has 1 atom stereocenters. The SMILES string of the molecule is CSC(C)C(=O)N1CCc2c(sc3c2C(=O)N(C)CC(=O)N3CCO)C1. The van der Waals surface area contributed by atoms with E-state index in [9.17, 15) is 19.5 Å². The summed E-state index contributed by atoms with van der Waals surface area (Å²) in [5, 5.41) is 9.85. The van der Waals surface area contributed by atoms with E-state index in [1.54, 1.807) is 7.05 Å². The predicted molar refractivity (Wildman–Crippen MR) is 103 cm³/mol. The molecule has 3 heterocycles. The number of fused-ring (bicyclic) bond motifs is 3. The number of amides is 3. The standard InChI is InChI=1S/C17H23N3O4S2/c1-10(25-3)15(23)19-5-4-11-12(8-19)26-17-14(11)16(24)18(2)9-13(22)20(17)6-7-21/h10,21H,4-9H2,1-3H3. The van der Waals surface area contributed by atoms with E-state index < -0.39 is 0 Å². The van der Waals surface area contributed by atoms with Gasteiger partial charge in [-0.05, 0) is 25.2 Å². The third kappa shape index (κ3) is 3.23. The summed E-state index contributed by atoms with van der Waals surface area (Å²) in [4.78, 5) is 43.6. The molecule has 0 aromatic carbocycles. The summed E-state index contributed by atoms with van der Waals surface area (Å²) in [6.07, 6.45) is 2.52. The van der Waals surface area contributed by atoms with Gasteiger partial charge in [0.2, 0.25) is 11.8 Å². The number of rotatable bonds is 4. The summed E-state index contributed by atoms with van der Waals surface area (Å²) in [6, 6.07) is 0. The van der Waals surface area contributed by atoms with Crippen molar-refractivity contribution in [3.05, 3.63) is 16.0 Å². The first kappa shape index (κ1) is 19.2. The van der Waals surface area contributed by atoms with Crippen LogP contribution in [-0.2, 0) is 22.6 Å². The Balaban J connectivity index is 2.00. The Kier molecular flexibility index (Phi) is 5.59. The molecule has 0 fully saturated rings. The molecule has 2 aliphatic rings. The highest BCUT2D eigenvalue weighted by Gasteiger charge is 2.37. The van der Waals surface area contributed by atoms with Crippen LogP contribution in [0.1, 0.15) is 27.7 Å². The molecule has 0 radical (unpaired) electrons. The number of thioether (sulfide) groups is 1. The van der Waals surface area contributed by atoms with Crippen molar-refractivity contribution in [1.29, 1.82) is 0 Å². The molecular formula is C17H23N3O4S2. The Labute approximate surface area is 160 Å². The molecule has 3 amide bonds. The van der Waals surface area contributed by atoms with Crippen LogP contribution >= 0.6 is 23.1 Å². The summed E-state index contributed by atoms with van der Waals surface area (Å²) in [5.74, 6) is -0.266. The van der Waals surface area contributed by atoms with Crippen LogP contribution in [0.2, 0.25) is 0 Å². The molecule has 0 spiro atoms. The smallest absolute Gasteiger partial charge is 0.257 e. The van der Waals surface area contributed by atoms with Gasteiger partial charge >= 0.3 is 0 Å². The minimum Gasteiger partial charge on any atom is -0.395 e. The van der Waals surface area contributed by atoms with Crippen molar-refractivity contribution in [2.75, 3.05) is 44.4 Å². The third-order valence-electron chi connectivity index (χ3n) is 4.85. The first-order valence-electron chi connectivity index (χ1n) is 8.51. The Morgan fingerprint density at radius 1 is 1.35 bits per heavy atom. The number of thiophene rings is 1. The first-order valence-corrected chi connectivity index (χ1v) is 10.6. The third-order valence-corrected chi connectivity index (χ3v) is 7.00. The number of aliphatic hydroxyl groups excluding tert-OH is 1. The van der Waals surface area contributed by atoms with Crippen LogP contribution in [0.3, 0.4) is 0 Å². The molecule has 7 nitrogen and oxygen atoms in total. The van der Waals surface area contributed by atoms with Gasteiger partial charge in [-0.3, -0.25) is 19.3 Å². The van der Waals surface area contributed by atoms with E-state index >= 15 is 0 Å². The zero-order valence-electron chi connectivity index (χ0n) is 15.2. The first-order chi connectivity index (χ1) is 12.4. The fourth-order valence-electron chi connectivity index (χ4n) is 3.34. The average molecular weight is 398 g/mol. The van der Waals surface area contributed by atoms with E-state index in [-0.39, 0.29) is 42.7 Å². The Morgan fingerprint density at radius 3 is 2.73 bits per heavy atom. The summed E-state index contributed by atoms with van der Waals surface area (Å²) in [6.45, 7) is 2.94. The van der Waals surface area contributed by atoms with Gasteiger partial charge in [0.25, 0.3) is 5.91 Å². The van der Waals surface area contributed by atoms with Crippen molar-refractivity contribution in [2.45, 2.75) is 25.1 Å². The number of hydrogen-bond donors (Lipinski definition) is 1. The number of hydrogen-bond acceptors (Lipinski definition) is 6. The van der Waals surface area contributed by atoms with Gasteiger partial charge in [-0.2, -0.15) is 11.8 Å². The second-order valence-electron chi connectivity index (χ2n) is 6.50. The van der Waals surface area contributed by atoms with Gasteiger partial charge < -0.3 is 14.9 Å². The molecule has 2 aliphatic heterocycles. The van der Waals surface area contributed by atoms with E-state index in [0.717, 1.165) is 10.4 Å². The van der Waals surface area contributed by atoms with Gasteiger partial charge in [-0.15, -0.1) is 11.3 Å². The van der Waals surface area contributed by atoms with E-state index in [2.05, 4.69) is 0 Å². The zero-order valence-corrected chi connectivity index (χ0v) is 16.8. The number of aliphatic hydroxyl groups is 1. The molecule has 1 aromatic rings. The van der Waals surface area contributed by atoms with Crippen molar-refractivity contribution < 1.29 is 19.5 Å². The van der Waals surface area contributed by atoms with E-state index in [1.807, 2.05) is 18.1 Å². The Morgan fingerprint density at radius 2 is 2.08 bits per heavy atom. The molecule has 1 aromatic heterocycles. The van der Waals surface area contributed by atoms with Gasteiger partial charge in [0.1, 0.15) is 11.5 Å². The van der Waals surface area contributed by atoms with Crippen molar-refractivity contribution >= 4 is 45.8 Å². The van der Waals surface area contributed by atoms with Crippen molar-refractivity contribution in [2.24, 2.45) is 0 Å². The minimum absolute atomic E-state index is 0.00482. The van der Waals surface area contributed by atoms with Crippen LogP contribution < -0.4 is 4.90 Å². The topological polar surface area (TPSA) is 81.2 Å². The number of carbonyl (C=O) groups excluding carboxylic acids is 3. The van der Waals surface area contributed by atoms with Crippen molar-refractivity contribution in [3.63, 3.8) is 0 Å². The van der Waals surface area contributed by atoms with Crippen LogP contribution in [-0.4, -0.2) is 77.4 Å². The maximum absolute atomic E-state index is 12.8. The molecule has 0 aliphatic carbocycles. The normalized spacial score (nSPS) is 18.5. The molecule has 1 N–H and O–H groups in total. The van der Waals surface area contributed by atoms with E-state index in [1.165, 1.54) is 32.9 Å². The average Bonchev–Trinajstić information content (AvgIpc) is 2.98. The highest BCUT2D eigenvalue weighted by molar-refractivity contribution is 7.99. The summed E-state index contributed by atoms with van der Waals surface area (Å²) >= 11 is 2.91. The van der Waals surface area contributed by atoms with Gasteiger partial charge in [0.15, 0.2) is 0 Å². The van der Waals surface area contributed by atoms with E-state index in [0.29, 0.717) is 30.1 Å². The molecule has 0 bridgehead atoms. The second-order valence-corrected chi connectivity index (χ2v) is 8.76. The lowest BCUT2D eigenvalue weighted by Crippen LogP contribution is -2.40. The van der Waals surface area contributed by atoms with Gasteiger partial charge in [0, 0.05) is 25.0 Å². The maximum atomic E-state index is 12.8. The monoisotopic (exact) mass is 397 g/mol. The lowest BCUT2D eigenvalue weighted by Gasteiger charge is -2.29. The summed E-state index contributed by atoms with van der Waals surface area (Å²) < 4.78 is 0. The van der Waals surface area contributed by atoms with Gasteiger partial charge in [-0.25, -0.2) is 0 Å². The maximum Gasteiger partial charge on any atom is 0.257 e. The van der Waals surface area contributed by atoms with Crippen LogP contribution in [0, 0.1) is 0 Å². The van der Waals surface area contributed by atoms with Crippen LogP contribution in [0.25, 0.3) is 0 Å². The molecule has 1 unspecified atom stereocenters. The fourth-order valence-corrected chi connectivity index (χ4v) is 5.08. The van der Waals surface area contributed by atoms with Crippen LogP contribution in [0.5, 0.6) is 0 Å². The second kappa shape index (κ2) is 7.58. The van der Waals surface area contributed by atoms with Crippen molar-refractivity contribution in [3.8, 4) is 0 Å². The predicted octanol–water partition coefficient (Wildman–Crippen LogP) is 0.795. The quantitative estimate of drug-likeness (QED) is 0.813. The molecule has 3 rings (SSSR count). The Bertz CT molecular complexity index is 749. The molecule has 142 valence electrons. The zero-order chi connectivity index (χ0) is 19.0. The van der Waals surface area contributed by atoms with E-state index in [4.69, 9.17) is 0 Å². The highest BCUT2D eigenvalue weighted by atomic mass is 32.2. The van der Waals surface area contributed by atoms with Gasteiger partial charge in [0.05, 0.1) is 24.0 Å². The van der Waals surface area contributed by atoms with Crippen LogP contribution in [0.15, 0.2) is 0 Å². The highest BCUT2D eigenvalue weighted by Crippen LogP contribution is 2.41. The lowest BCUT2D eigenvalue weighted by molar-refractivity contribution is -0.131. The summed E-state index contributed by atoms with van der Waals surface area (Å²) in [7, 11) is 1.62. The number of β-amino-alcohol motifs (C(OH)–C–C–N with tert-alkyl or cyclic N) is 1.